The van der Waals surface area contributed by atoms with E-state index in [1.54, 1.807) is 62.3 Å². The van der Waals surface area contributed by atoms with Gasteiger partial charge < -0.3 is 0 Å². The van der Waals surface area contributed by atoms with Gasteiger partial charge in [0.05, 0.1) is 28.1 Å². The Labute approximate surface area is 485 Å². The molecule has 0 radical (unpaired) electrons. The minimum atomic E-state index is -4.16. The number of rotatable bonds is 8. The van der Waals surface area contributed by atoms with Crippen LogP contribution in [0.4, 0.5) is 65.9 Å². The Kier molecular flexibility index (Phi) is 36.0. The standard InChI is InChI=1S/C11H21F3.C10H19F3.C10H22.C9H17F3.C9H20.2C8H15F3/c1-8(2,3)9(4,5)10(6,7)11(12,13)14;1-7(8(2,3)4)9(5,6)10(11,12)13;1-8(2)10(6,7)9(3,4)5;1-6(2)8(4,5)7(3)9(10,11)12;1-7(2)8(3)9(4,5)6;1-6(2,3)7(4,5)8(9,10)11;1-5(2)6(3)7(4)8(9,10)11/h1-7H3;7H,1-6H3;8H,1-7H3;6-7H,1-5H3;7-8H,1-6H3;1-5H3;5-7H,1-4H3/t;7-;;;8-;;6-,7?/m.1..1.1/s1. The Hall–Kier alpha value is -1.05. The molecule has 0 N–H and O–H groups in total. The third-order valence-electron chi connectivity index (χ3n) is 21.0. The van der Waals surface area contributed by atoms with Crippen LogP contribution < -0.4 is 0 Å². The smallest absolute Gasteiger partial charge is 0.171 e. The van der Waals surface area contributed by atoms with Crippen molar-refractivity contribution < 1.29 is 65.9 Å². The molecule has 80 heavy (non-hydrogen) atoms. The van der Waals surface area contributed by atoms with E-state index in [-0.39, 0.29) is 28.6 Å². The van der Waals surface area contributed by atoms with Crippen molar-refractivity contribution in [3.05, 3.63) is 0 Å². The van der Waals surface area contributed by atoms with Crippen LogP contribution >= 0.6 is 0 Å². The predicted molar refractivity (Wildman–Crippen MR) is 315 cm³/mol. The van der Waals surface area contributed by atoms with Gasteiger partial charge in [-0.25, -0.2) is 0 Å². The molecule has 0 saturated heterocycles. The monoisotopic (exact) mass is 1190 g/mol. The molecule has 0 aromatic heterocycles. The summed E-state index contributed by atoms with van der Waals surface area (Å²) in [6.45, 7) is 73.2. The lowest BCUT2D eigenvalue weighted by atomic mass is 9.55. The highest BCUT2D eigenvalue weighted by molar-refractivity contribution is 4.98. The molecule has 494 valence electrons. The Morgan fingerprint density at radius 3 is 0.575 bits per heavy atom. The molecule has 2 unspecified atom stereocenters. The first-order valence-electron chi connectivity index (χ1n) is 28.9. The fourth-order valence-corrected chi connectivity index (χ4v) is 6.71. The zero-order valence-corrected chi connectivity index (χ0v) is 58.9. The normalized spacial score (nSPS) is 16.4. The maximum Gasteiger partial charge on any atom is 0.394 e. The van der Waals surface area contributed by atoms with Gasteiger partial charge in [0.1, 0.15) is 0 Å². The van der Waals surface area contributed by atoms with E-state index in [9.17, 15) is 65.9 Å². The maximum absolute atomic E-state index is 12.9. The molecule has 0 fully saturated rings. The summed E-state index contributed by atoms with van der Waals surface area (Å²) in [6.07, 6.45) is -20.5. The Balaban J connectivity index is -0.000000156. The summed E-state index contributed by atoms with van der Waals surface area (Å²) in [6, 6.07) is 0. The van der Waals surface area contributed by atoms with Gasteiger partial charge in [0, 0.05) is 0 Å². The van der Waals surface area contributed by atoms with Gasteiger partial charge in [-0.05, 0) is 84.7 Å². The van der Waals surface area contributed by atoms with Crippen LogP contribution in [-0.2, 0) is 0 Å². The molecule has 0 bridgehead atoms. The van der Waals surface area contributed by atoms with Crippen LogP contribution in [0.25, 0.3) is 0 Å². The van der Waals surface area contributed by atoms with Crippen molar-refractivity contribution in [1.29, 1.82) is 0 Å². The molecule has 0 saturated carbocycles. The van der Waals surface area contributed by atoms with Crippen molar-refractivity contribution in [2.45, 2.75) is 308 Å². The summed E-state index contributed by atoms with van der Waals surface area (Å²) in [5, 5.41) is 0. The average Bonchev–Trinajstić information content (AvgIpc) is 3.16. The molecule has 0 aromatic carbocycles. The molecule has 0 aliphatic heterocycles. The largest absolute Gasteiger partial charge is 0.394 e. The third-order valence-corrected chi connectivity index (χ3v) is 21.0. The SMILES string of the molecule is CC(C)(C)C(C)(C)C(C)(C)C(F)(F)F.CC(C)(C)C(C)(C)C(F)(F)F.CC(C)C(C)(C)C(C)(C)C.CC(C)C(C)(C)C(C)C(F)(F)F.CC(C)[C@@H](C)C(C)(C)C.CC(C)[C@@H](C)C(C)C(F)(F)F.C[C@H](C(C)(C)C)C(C)(C)C(F)(F)F. The second-order valence-corrected chi connectivity index (χ2v) is 32.9. The van der Waals surface area contributed by atoms with Gasteiger partial charge >= 0.3 is 30.9 Å². The lowest BCUT2D eigenvalue weighted by molar-refractivity contribution is -0.263. The second kappa shape index (κ2) is 31.0. The van der Waals surface area contributed by atoms with Crippen LogP contribution in [0.15, 0.2) is 0 Å². The summed E-state index contributed by atoms with van der Waals surface area (Å²) in [7, 11) is 0. The van der Waals surface area contributed by atoms with Crippen molar-refractivity contribution in [3.63, 3.8) is 0 Å². The van der Waals surface area contributed by atoms with Crippen molar-refractivity contribution in [1.82, 2.24) is 0 Å². The van der Waals surface area contributed by atoms with Gasteiger partial charge in [-0.1, -0.05) is 277 Å². The van der Waals surface area contributed by atoms with Gasteiger partial charge in [0.25, 0.3) is 0 Å². The summed E-state index contributed by atoms with van der Waals surface area (Å²) in [5.41, 5.74) is -6.53. The lowest BCUT2D eigenvalue weighted by Crippen LogP contribution is -2.51. The van der Waals surface area contributed by atoms with Gasteiger partial charge in [0.2, 0.25) is 0 Å². The molecule has 0 nitrogen and oxygen atoms in total. The first-order chi connectivity index (χ1) is 33.6. The van der Waals surface area contributed by atoms with Crippen molar-refractivity contribution in [3.8, 4) is 0 Å². The number of hydrogen-bond acceptors (Lipinski definition) is 0. The van der Waals surface area contributed by atoms with Crippen molar-refractivity contribution in [2.75, 3.05) is 0 Å². The number of halogens is 15. The summed E-state index contributed by atoms with van der Waals surface area (Å²) in [5.74, 6) is -0.627. The molecule has 0 aromatic rings. The Bertz CT molecular complexity index is 1600. The second-order valence-electron chi connectivity index (χ2n) is 32.9. The third kappa shape index (κ3) is 29.8. The van der Waals surface area contributed by atoms with E-state index in [2.05, 4.69) is 90.0 Å². The van der Waals surface area contributed by atoms with Crippen LogP contribution in [0.3, 0.4) is 0 Å². The summed E-state index contributed by atoms with van der Waals surface area (Å²) in [4.78, 5) is 0. The van der Waals surface area contributed by atoms with Gasteiger partial charge in [-0.15, -0.1) is 0 Å². The highest BCUT2D eigenvalue weighted by Crippen LogP contribution is 2.58. The minimum absolute atomic E-state index is 0.0362. The van der Waals surface area contributed by atoms with E-state index >= 15 is 0 Å². The van der Waals surface area contributed by atoms with Crippen LogP contribution in [0.5, 0.6) is 0 Å². The quantitative estimate of drug-likeness (QED) is 0.213. The summed E-state index contributed by atoms with van der Waals surface area (Å²) < 4.78 is 187. The molecule has 0 aliphatic carbocycles. The van der Waals surface area contributed by atoms with Crippen LogP contribution in [0, 0.1) is 113 Å². The highest BCUT2D eigenvalue weighted by atomic mass is 19.4. The van der Waals surface area contributed by atoms with E-state index in [0.29, 0.717) is 16.2 Å². The molecule has 0 heterocycles. The summed E-state index contributed by atoms with van der Waals surface area (Å²) >= 11 is 0. The molecule has 15 heteroatoms. The lowest BCUT2D eigenvalue weighted by Gasteiger charge is -2.51. The van der Waals surface area contributed by atoms with Gasteiger partial charge in [-0.3, -0.25) is 0 Å². The van der Waals surface area contributed by atoms with E-state index in [1.807, 2.05) is 69.2 Å². The topological polar surface area (TPSA) is 0 Å². The first kappa shape index (κ1) is 92.7. The van der Waals surface area contributed by atoms with Crippen molar-refractivity contribution in [2.24, 2.45) is 113 Å². The number of hydrogen-bond donors (Lipinski definition) is 0. The zero-order valence-electron chi connectivity index (χ0n) is 58.9. The fourth-order valence-electron chi connectivity index (χ4n) is 6.71. The van der Waals surface area contributed by atoms with Crippen LogP contribution in [0.2, 0.25) is 0 Å². The average molecular weight is 1200 g/mol. The molecule has 5 atom stereocenters. The Morgan fingerprint density at radius 1 is 0.237 bits per heavy atom. The first-order valence-corrected chi connectivity index (χ1v) is 28.9. The molecule has 0 spiro atoms. The van der Waals surface area contributed by atoms with Gasteiger partial charge in [-0.2, -0.15) is 65.9 Å². The fraction of sp³-hybridized carbons (Fsp3) is 1.00. The Morgan fingerprint density at radius 2 is 0.525 bits per heavy atom. The van der Waals surface area contributed by atoms with E-state index in [1.165, 1.54) is 55.4 Å². The van der Waals surface area contributed by atoms with E-state index in [0.717, 1.165) is 17.8 Å². The molecular weight excluding hydrogens is 1070 g/mol. The maximum atomic E-state index is 12.9. The van der Waals surface area contributed by atoms with E-state index < -0.39 is 81.1 Å². The van der Waals surface area contributed by atoms with Crippen molar-refractivity contribution >= 4 is 0 Å². The van der Waals surface area contributed by atoms with Gasteiger partial charge in [0.15, 0.2) is 0 Å². The predicted octanol–water partition coefficient (Wildman–Crippen LogP) is 26.9. The molecule has 0 aliphatic rings. The molecule has 0 rings (SSSR count). The van der Waals surface area contributed by atoms with E-state index in [4.69, 9.17) is 0 Å². The highest BCUT2D eigenvalue weighted by Gasteiger charge is 2.60. The minimum Gasteiger partial charge on any atom is -0.171 e. The molecule has 0 amide bonds. The van der Waals surface area contributed by atoms with Crippen LogP contribution in [0.1, 0.15) is 277 Å². The molecular formula is C65H129F15. The number of alkyl halides is 15. The zero-order chi connectivity index (χ0) is 68.2. The van der Waals surface area contributed by atoms with Crippen LogP contribution in [-0.4, -0.2) is 30.9 Å².